The standard InChI is InChI=1S/C11H14F2N2O4S/c1-6(2)5-14-20(18,19)15-10-4-9(13)8(12)3-7(10)11(16)17/h3-4,6,14-15H,5H2,1-2H3,(H,16,17). The number of hydrogen-bond donors (Lipinski definition) is 3. The van der Waals surface area contributed by atoms with Gasteiger partial charge in [-0.2, -0.15) is 13.1 Å². The van der Waals surface area contributed by atoms with Gasteiger partial charge < -0.3 is 5.11 Å². The number of halogens is 2. The molecule has 0 aliphatic rings. The van der Waals surface area contributed by atoms with Gasteiger partial charge in [0.2, 0.25) is 0 Å². The molecule has 0 fully saturated rings. The Morgan fingerprint density at radius 2 is 1.85 bits per heavy atom. The molecule has 0 radical (unpaired) electrons. The summed E-state index contributed by atoms with van der Waals surface area (Å²) >= 11 is 0. The summed E-state index contributed by atoms with van der Waals surface area (Å²) in [4.78, 5) is 10.9. The second kappa shape index (κ2) is 6.14. The summed E-state index contributed by atoms with van der Waals surface area (Å²) in [5, 5.41) is 8.85. The van der Waals surface area contributed by atoms with Gasteiger partial charge in [0.05, 0.1) is 11.3 Å². The predicted octanol–water partition coefficient (Wildman–Crippen LogP) is 1.57. The van der Waals surface area contributed by atoms with Crippen LogP contribution < -0.4 is 9.44 Å². The number of carboxylic acids is 1. The molecular weight excluding hydrogens is 294 g/mol. The maximum atomic E-state index is 13.1. The molecule has 0 saturated heterocycles. The first-order valence-corrected chi connectivity index (χ1v) is 7.10. The average molecular weight is 308 g/mol. The first-order valence-electron chi connectivity index (χ1n) is 5.62. The molecule has 0 aromatic heterocycles. The number of benzene rings is 1. The first kappa shape index (κ1) is 16.3. The normalized spacial score (nSPS) is 11.7. The molecule has 0 amide bonds. The molecule has 3 N–H and O–H groups in total. The first-order chi connectivity index (χ1) is 9.12. The zero-order valence-electron chi connectivity index (χ0n) is 10.8. The van der Waals surface area contributed by atoms with Gasteiger partial charge in [0.1, 0.15) is 0 Å². The van der Waals surface area contributed by atoms with Gasteiger partial charge in [-0.3, -0.25) is 4.72 Å². The minimum Gasteiger partial charge on any atom is -0.478 e. The van der Waals surface area contributed by atoms with E-state index in [-0.39, 0.29) is 12.5 Å². The Kier molecular flexibility index (Phi) is 5.01. The fourth-order valence-electron chi connectivity index (χ4n) is 1.27. The molecule has 0 atom stereocenters. The second-order valence-electron chi connectivity index (χ2n) is 4.46. The molecule has 0 saturated carbocycles. The SMILES string of the molecule is CC(C)CNS(=O)(=O)Nc1cc(F)c(F)cc1C(=O)O. The molecule has 112 valence electrons. The molecular formula is C11H14F2N2O4S. The summed E-state index contributed by atoms with van der Waals surface area (Å²) in [6, 6.07) is 0.894. The lowest BCUT2D eigenvalue weighted by molar-refractivity contribution is 0.0697. The maximum Gasteiger partial charge on any atom is 0.337 e. The van der Waals surface area contributed by atoms with E-state index in [1.807, 2.05) is 4.72 Å². The monoisotopic (exact) mass is 308 g/mol. The second-order valence-corrected chi connectivity index (χ2v) is 5.96. The summed E-state index contributed by atoms with van der Waals surface area (Å²) in [5.74, 6) is -4.28. The molecule has 1 aromatic rings. The highest BCUT2D eigenvalue weighted by Crippen LogP contribution is 2.21. The molecule has 1 rings (SSSR count). The van der Waals surface area contributed by atoms with Crippen LogP contribution >= 0.6 is 0 Å². The number of hydrogen-bond acceptors (Lipinski definition) is 3. The third-order valence-electron chi connectivity index (χ3n) is 2.22. The van der Waals surface area contributed by atoms with Crippen LogP contribution in [0.25, 0.3) is 0 Å². The maximum absolute atomic E-state index is 13.1. The number of carboxylic acid groups (broad SMARTS) is 1. The van der Waals surface area contributed by atoms with Gasteiger partial charge in [-0.1, -0.05) is 13.8 Å². The largest absolute Gasteiger partial charge is 0.478 e. The van der Waals surface area contributed by atoms with Crippen molar-refractivity contribution in [3.05, 3.63) is 29.3 Å². The van der Waals surface area contributed by atoms with Crippen LogP contribution in [0.5, 0.6) is 0 Å². The fraction of sp³-hybridized carbons (Fsp3) is 0.364. The van der Waals surface area contributed by atoms with Crippen molar-refractivity contribution in [3.63, 3.8) is 0 Å². The summed E-state index contributed by atoms with van der Waals surface area (Å²) in [5.41, 5.74) is -1.23. The van der Waals surface area contributed by atoms with E-state index in [1.54, 1.807) is 13.8 Å². The van der Waals surface area contributed by atoms with Crippen LogP contribution in [0.1, 0.15) is 24.2 Å². The number of anilines is 1. The van der Waals surface area contributed by atoms with Gasteiger partial charge in [-0.15, -0.1) is 0 Å². The highest BCUT2D eigenvalue weighted by molar-refractivity contribution is 7.90. The van der Waals surface area contributed by atoms with E-state index < -0.39 is 39.1 Å². The van der Waals surface area contributed by atoms with Crippen molar-refractivity contribution in [2.45, 2.75) is 13.8 Å². The minimum absolute atomic E-state index is 0.0236. The Balaban J connectivity index is 3.08. The lowest BCUT2D eigenvalue weighted by Crippen LogP contribution is -2.33. The zero-order valence-corrected chi connectivity index (χ0v) is 11.6. The van der Waals surface area contributed by atoms with Crippen LogP contribution in [0, 0.1) is 17.6 Å². The van der Waals surface area contributed by atoms with Crippen molar-refractivity contribution < 1.29 is 27.1 Å². The molecule has 0 bridgehead atoms. The summed E-state index contributed by atoms with van der Waals surface area (Å²) in [7, 11) is -4.07. The molecule has 0 aliphatic carbocycles. The van der Waals surface area contributed by atoms with Crippen LogP contribution in [0.15, 0.2) is 12.1 Å². The zero-order chi connectivity index (χ0) is 15.5. The smallest absolute Gasteiger partial charge is 0.337 e. The summed E-state index contributed by atoms with van der Waals surface area (Å²) < 4.78 is 53.4. The minimum atomic E-state index is -4.07. The van der Waals surface area contributed by atoms with E-state index in [0.29, 0.717) is 12.1 Å². The van der Waals surface area contributed by atoms with Crippen molar-refractivity contribution in [1.29, 1.82) is 0 Å². The molecule has 0 heterocycles. The van der Waals surface area contributed by atoms with Gasteiger partial charge in [0.15, 0.2) is 11.6 Å². The number of nitrogens with one attached hydrogen (secondary N) is 2. The quantitative estimate of drug-likeness (QED) is 0.743. The molecule has 1 aromatic carbocycles. The Hall–Kier alpha value is -1.74. The van der Waals surface area contributed by atoms with E-state index in [2.05, 4.69) is 4.72 Å². The van der Waals surface area contributed by atoms with Crippen LogP contribution in [0.2, 0.25) is 0 Å². The molecule has 6 nitrogen and oxygen atoms in total. The highest BCUT2D eigenvalue weighted by atomic mass is 32.2. The molecule has 20 heavy (non-hydrogen) atoms. The van der Waals surface area contributed by atoms with E-state index >= 15 is 0 Å². The highest BCUT2D eigenvalue weighted by Gasteiger charge is 2.19. The Bertz CT molecular complexity index is 617. The van der Waals surface area contributed by atoms with E-state index in [4.69, 9.17) is 5.11 Å². The lowest BCUT2D eigenvalue weighted by atomic mass is 10.2. The molecule has 0 unspecified atom stereocenters. The Labute approximate surface area is 115 Å². The third kappa shape index (κ3) is 4.42. The van der Waals surface area contributed by atoms with Crippen LogP contribution in [0.3, 0.4) is 0 Å². The number of carbonyl (C=O) groups is 1. The van der Waals surface area contributed by atoms with Crippen molar-refractivity contribution >= 4 is 21.9 Å². The van der Waals surface area contributed by atoms with E-state index in [1.165, 1.54) is 0 Å². The van der Waals surface area contributed by atoms with Crippen molar-refractivity contribution in [2.24, 2.45) is 5.92 Å². The average Bonchev–Trinajstić information content (AvgIpc) is 2.30. The molecule has 0 aliphatic heterocycles. The molecule has 9 heteroatoms. The third-order valence-corrected chi connectivity index (χ3v) is 3.25. The van der Waals surface area contributed by atoms with Crippen molar-refractivity contribution in [2.75, 3.05) is 11.3 Å². The van der Waals surface area contributed by atoms with Gasteiger partial charge in [-0.25, -0.2) is 13.6 Å². The van der Waals surface area contributed by atoms with Crippen LogP contribution in [0.4, 0.5) is 14.5 Å². The van der Waals surface area contributed by atoms with Crippen LogP contribution in [-0.2, 0) is 10.2 Å². The Morgan fingerprint density at radius 3 is 2.35 bits per heavy atom. The van der Waals surface area contributed by atoms with Gasteiger partial charge in [-0.05, 0) is 12.0 Å². The summed E-state index contributed by atoms with van der Waals surface area (Å²) in [6.45, 7) is 3.65. The van der Waals surface area contributed by atoms with E-state index in [0.717, 1.165) is 0 Å². The van der Waals surface area contributed by atoms with Gasteiger partial charge in [0, 0.05) is 12.6 Å². The molecule has 0 spiro atoms. The lowest BCUT2D eigenvalue weighted by Gasteiger charge is -2.13. The predicted molar refractivity (Wildman–Crippen MR) is 68.7 cm³/mol. The summed E-state index contributed by atoms with van der Waals surface area (Å²) in [6.07, 6.45) is 0. The van der Waals surface area contributed by atoms with Gasteiger partial charge >= 0.3 is 5.97 Å². The van der Waals surface area contributed by atoms with Crippen LogP contribution in [-0.4, -0.2) is 26.0 Å². The number of aromatic carboxylic acids is 1. The van der Waals surface area contributed by atoms with Crippen molar-refractivity contribution in [1.82, 2.24) is 4.72 Å². The fourth-order valence-corrected chi connectivity index (χ4v) is 2.35. The topological polar surface area (TPSA) is 95.5 Å². The van der Waals surface area contributed by atoms with Gasteiger partial charge in [0.25, 0.3) is 10.2 Å². The van der Waals surface area contributed by atoms with Crippen molar-refractivity contribution in [3.8, 4) is 0 Å². The number of rotatable bonds is 6. The van der Waals surface area contributed by atoms with E-state index in [9.17, 15) is 22.0 Å². The Morgan fingerprint density at radius 1 is 1.30 bits per heavy atom.